The molecule has 0 fully saturated rings. The van der Waals surface area contributed by atoms with Crippen LogP contribution in [0.25, 0.3) is 6.08 Å². The number of aliphatic hydroxyl groups is 1. The minimum Gasteiger partial charge on any atom is -0.367 e. The van der Waals surface area contributed by atoms with Gasteiger partial charge in [0.1, 0.15) is 0 Å². The van der Waals surface area contributed by atoms with Crippen molar-refractivity contribution in [2.75, 3.05) is 20.1 Å². The smallest absolute Gasteiger partial charge is 0.367 e. The Balaban J connectivity index is 1.46. The number of aryl methyl sites for hydroxylation is 2. The van der Waals surface area contributed by atoms with Gasteiger partial charge in [-0.3, -0.25) is 0 Å². The van der Waals surface area contributed by atoms with Crippen LogP contribution in [-0.4, -0.2) is 41.4 Å². The summed E-state index contributed by atoms with van der Waals surface area (Å²) >= 11 is 0. The molecule has 0 aliphatic heterocycles. The van der Waals surface area contributed by atoms with Gasteiger partial charge < -0.3 is 19.7 Å². The number of allylic oxidation sites excluding steroid dienone is 1. The summed E-state index contributed by atoms with van der Waals surface area (Å²) < 4.78 is 85.4. The first-order valence-electron chi connectivity index (χ1n) is 13.9. The maximum atomic E-state index is 13.3. The van der Waals surface area contributed by atoms with Gasteiger partial charge in [-0.15, -0.1) is 0 Å². The highest BCUT2D eigenvalue weighted by atomic mass is 19.4. The summed E-state index contributed by atoms with van der Waals surface area (Å²) in [4.78, 5) is 5.46. The van der Waals surface area contributed by atoms with Gasteiger partial charge in [-0.25, -0.2) is 0 Å². The van der Waals surface area contributed by atoms with E-state index in [9.17, 15) is 31.4 Å². The first kappa shape index (κ1) is 31.8. The minimum atomic E-state index is -4.96. The Morgan fingerprint density at radius 1 is 0.952 bits per heavy atom. The highest BCUT2D eigenvalue weighted by molar-refractivity contribution is 5.55. The molecule has 0 saturated carbocycles. The van der Waals surface area contributed by atoms with Crippen LogP contribution in [0.1, 0.15) is 69.0 Å². The van der Waals surface area contributed by atoms with Crippen molar-refractivity contribution in [1.29, 1.82) is 0 Å². The van der Waals surface area contributed by atoms with Crippen molar-refractivity contribution < 1.29 is 36.2 Å². The second-order valence-corrected chi connectivity index (χ2v) is 11.1. The van der Waals surface area contributed by atoms with Gasteiger partial charge in [-0.05, 0) is 111 Å². The van der Waals surface area contributed by atoms with Crippen LogP contribution < -0.4 is 0 Å². The number of aromatic nitrogens is 1. The third-order valence-electron chi connectivity index (χ3n) is 7.92. The number of aliphatic hydroxyl groups excluding tert-OH is 1. The molecule has 42 heavy (non-hydrogen) atoms. The minimum absolute atomic E-state index is 0.0770. The third kappa shape index (κ3) is 8.05. The lowest BCUT2D eigenvalue weighted by molar-refractivity contribution is -0.143. The van der Waals surface area contributed by atoms with Gasteiger partial charge in [0.25, 0.3) is 0 Å². The molecule has 0 radical (unpaired) electrons. The first-order valence-corrected chi connectivity index (χ1v) is 13.9. The Morgan fingerprint density at radius 3 is 2.29 bits per heavy atom. The summed E-state index contributed by atoms with van der Waals surface area (Å²) in [6.45, 7) is 4.64. The normalized spacial score (nSPS) is 15.2. The summed E-state index contributed by atoms with van der Waals surface area (Å²) in [6, 6.07) is 7.03. The lowest BCUT2D eigenvalue weighted by Gasteiger charge is -2.27. The lowest BCUT2D eigenvalue weighted by Crippen LogP contribution is -2.29. The van der Waals surface area contributed by atoms with Crippen molar-refractivity contribution in [3.8, 4) is 0 Å². The molecule has 0 spiro atoms. The summed E-state index contributed by atoms with van der Waals surface area (Å²) in [5.41, 5.74) is 3.44. The maximum absolute atomic E-state index is 13.3. The maximum Gasteiger partial charge on any atom is 0.416 e. The van der Waals surface area contributed by atoms with Crippen molar-refractivity contribution in [3.63, 3.8) is 0 Å². The van der Waals surface area contributed by atoms with Crippen LogP contribution in [0.5, 0.6) is 0 Å². The van der Waals surface area contributed by atoms with Gasteiger partial charge in [0, 0.05) is 24.4 Å². The fourth-order valence-electron chi connectivity index (χ4n) is 5.26. The Kier molecular flexibility index (Phi) is 9.90. The van der Waals surface area contributed by atoms with Crippen LogP contribution >= 0.6 is 0 Å². The van der Waals surface area contributed by atoms with Gasteiger partial charge in [0.15, 0.2) is 6.29 Å². The molecule has 4 nitrogen and oxygen atoms in total. The monoisotopic (exact) mass is 594 g/mol. The molecule has 1 heterocycles. The SMILES string of the molecule is Cc1ccc(C(CCN(C)CCc2c[nH]c3c2CCC=C3)C(O)OCc2cc(C(F)(F)F)cc(C(F)(F)F)c2)cc1C. The van der Waals surface area contributed by atoms with Gasteiger partial charge in [-0.2, -0.15) is 26.3 Å². The molecule has 4 rings (SSSR count). The van der Waals surface area contributed by atoms with Crippen LogP contribution in [0.15, 0.2) is 48.7 Å². The van der Waals surface area contributed by atoms with E-state index in [1.54, 1.807) is 0 Å². The Hall–Kier alpha value is -3.08. The predicted octanol–water partition coefficient (Wildman–Crippen LogP) is 7.81. The molecule has 228 valence electrons. The van der Waals surface area contributed by atoms with Crippen LogP contribution in [0, 0.1) is 13.8 Å². The highest BCUT2D eigenvalue weighted by Crippen LogP contribution is 2.37. The number of benzene rings is 2. The highest BCUT2D eigenvalue weighted by Gasteiger charge is 2.37. The summed E-state index contributed by atoms with van der Waals surface area (Å²) in [5, 5.41) is 11.1. The number of likely N-dealkylation sites (N-methyl/N-ethyl adjacent to an activating group) is 1. The predicted molar refractivity (Wildman–Crippen MR) is 150 cm³/mol. The number of nitrogens with one attached hydrogen (secondary N) is 1. The number of H-pyrrole nitrogens is 1. The molecule has 10 heteroatoms. The van der Waals surface area contributed by atoms with Gasteiger partial charge >= 0.3 is 12.4 Å². The zero-order valence-corrected chi connectivity index (χ0v) is 23.9. The second-order valence-electron chi connectivity index (χ2n) is 11.1. The number of halogens is 6. The van der Waals surface area contributed by atoms with E-state index in [1.807, 2.05) is 45.3 Å². The van der Waals surface area contributed by atoms with Crippen LogP contribution in [0.3, 0.4) is 0 Å². The van der Waals surface area contributed by atoms with E-state index in [0.29, 0.717) is 25.1 Å². The zero-order chi connectivity index (χ0) is 30.7. The average Bonchev–Trinajstić information content (AvgIpc) is 3.34. The molecule has 0 saturated heterocycles. The van der Waals surface area contributed by atoms with Crippen molar-refractivity contribution in [2.24, 2.45) is 0 Å². The number of hydrogen-bond acceptors (Lipinski definition) is 3. The summed E-state index contributed by atoms with van der Waals surface area (Å²) in [6.07, 6.45) is -1.75. The molecule has 3 aromatic rings. The van der Waals surface area contributed by atoms with E-state index in [4.69, 9.17) is 4.74 Å². The molecular weight excluding hydrogens is 558 g/mol. The molecule has 0 bridgehead atoms. The molecule has 2 unspecified atom stereocenters. The van der Waals surface area contributed by atoms with Gasteiger partial charge in [0.05, 0.1) is 17.7 Å². The number of rotatable bonds is 11. The number of hydrogen-bond donors (Lipinski definition) is 2. The second kappa shape index (κ2) is 13.1. The van der Waals surface area contributed by atoms with Crippen molar-refractivity contribution in [3.05, 3.63) is 98.9 Å². The Labute approximate surface area is 242 Å². The first-order chi connectivity index (χ1) is 19.7. The van der Waals surface area contributed by atoms with E-state index in [1.165, 1.54) is 11.1 Å². The van der Waals surface area contributed by atoms with E-state index < -0.39 is 42.3 Å². The Morgan fingerprint density at radius 2 is 1.64 bits per heavy atom. The molecule has 0 amide bonds. The van der Waals surface area contributed by atoms with E-state index in [0.717, 1.165) is 48.2 Å². The largest absolute Gasteiger partial charge is 0.416 e. The van der Waals surface area contributed by atoms with Crippen LogP contribution in [0.2, 0.25) is 0 Å². The number of fused-ring (bicyclic) bond motifs is 1. The lowest BCUT2D eigenvalue weighted by atomic mass is 9.92. The number of nitrogens with zero attached hydrogens (tertiary/aromatic N) is 1. The molecule has 2 aromatic carbocycles. The number of ether oxygens (including phenoxy) is 1. The van der Waals surface area contributed by atoms with Crippen LogP contribution in [-0.2, 0) is 36.5 Å². The Bertz CT molecular complexity index is 1360. The van der Waals surface area contributed by atoms with E-state index in [-0.39, 0.29) is 11.6 Å². The van der Waals surface area contributed by atoms with E-state index in [2.05, 4.69) is 22.0 Å². The summed E-state index contributed by atoms with van der Waals surface area (Å²) in [7, 11) is 1.98. The topological polar surface area (TPSA) is 48.5 Å². The third-order valence-corrected chi connectivity index (χ3v) is 7.92. The molecule has 2 atom stereocenters. The standard InChI is InChI=1S/C32H36F6N2O2/c1-20-8-9-23(14-21(20)2)28(11-13-40(3)12-10-24-18-39-29-7-5-4-6-27(24)29)30(41)42-19-22-15-25(31(33,34)35)17-26(16-22)32(36,37)38/h5,7-9,14-18,28,30,39,41H,4,6,10-13,19H2,1-3H3. The molecular formula is C32H36F6N2O2. The average molecular weight is 595 g/mol. The fraction of sp³-hybridized carbons (Fsp3) is 0.438. The zero-order valence-electron chi connectivity index (χ0n) is 23.9. The van der Waals surface area contributed by atoms with Crippen molar-refractivity contribution >= 4 is 6.08 Å². The molecule has 1 aliphatic rings. The van der Waals surface area contributed by atoms with Crippen molar-refractivity contribution in [1.82, 2.24) is 9.88 Å². The number of alkyl halides is 6. The van der Waals surface area contributed by atoms with E-state index >= 15 is 0 Å². The van der Waals surface area contributed by atoms with Gasteiger partial charge in [-0.1, -0.05) is 24.3 Å². The molecule has 1 aliphatic carbocycles. The summed E-state index contributed by atoms with van der Waals surface area (Å²) in [5.74, 6) is -0.551. The van der Waals surface area contributed by atoms with Gasteiger partial charge in [0.2, 0.25) is 0 Å². The molecule has 2 N–H and O–H groups in total. The fourth-order valence-corrected chi connectivity index (χ4v) is 5.26. The van der Waals surface area contributed by atoms with Crippen LogP contribution in [0.4, 0.5) is 26.3 Å². The molecule has 1 aromatic heterocycles. The van der Waals surface area contributed by atoms with Crippen molar-refractivity contribution in [2.45, 2.75) is 70.7 Å². The number of aromatic amines is 1. The quantitative estimate of drug-likeness (QED) is 0.176.